The van der Waals surface area contributed by atoms with Gasteiger partial charge in [0.25, 0.3) is 0 Å². The van der Waals surface area contributed by atoms with Crippen molar-refractivity contribution in [2.24, 2.45) is 5.92 Å². The van der Waals surface area contributed by atoms with Gasteiger partial charge in [-0.2, -0.15) is 0 Å². The number of anilines is 1. The van der Waals surface area contributed by atoms with Gasteiger partial charge in [0.05, 0.1) is 0 Å². The van der Waals surface area contributed by atoms with Gasteiger partial charge in [0, 0.05) is 17.0 Å². The zero-order chi connectivity index (χ0) is 11.5. The van der Waals surface area contributed by atoms with Gasteiger partial charge in [-0.05, 0) is 43.9 Å². The molecule has 1 atom stereocenters. The number of halogens is 1. The Morgan fingerprint density at radius 3 is 2.56 bits per heavy atom. The van der Waals surface area contributed by atoms with Gasteiger partial charge in [-0.1, -0.05) is 12.1 Å². The minimum absolute atomic E-state index is 0.145. The van der Waals surface area contributed by atoms with Crippen molar-refractivity contribution in [2.75, 3.05) is 5.32 Å². The molecule has 0 aromatic heterocycles. The summed E-state index contributed by atoms with van der Waals surface area (Å²) in [5, 5.41) is 3.06. The highest BCUT2D eigenvalue weighted by Crippen LogP contribution is 2.30. The second-order valence-electron chi connectivity index (χ2n) is 4.45. The van der Waals surface area contributed by atoms with E-state index in [0.29, 0.717) is 0 Å². The summed E-state index contributed by atoms with van der Waals surface area (Å²) in [4.78, 5) is 11.5. The van der Waals surface area contributed by atoms with E-state index in [1.807, 2.05) is 31.2 Å². The standard InChI is InChI=1S/C13H16ClNO/c1-9(14)8-10-2-6-12(7-3-10)15-13(16)11-4-5-11/h2-3,6-7,9,11H,4-5,8H2,1H3,(H,15,16). The van der Waals surface area contributed by atoms with Gasteiger partial charge in [-0.25, -0.2) is 0 Å². The first-order valence-electron chi connectivity index (χ1n) is 5.69. The van der Waals surface area contributed by atoms with E-state index < -0.39 is 0 Å². The van der Waals surface area contributed by atoms with E-state index >= 15 is 0 Å². The predicted molar refractivity (Wildman–Crippen MR) is 66.8 cm³/mol. The Hall–Kier alpha value is -1.02. The zero-order valence-corrected chi connectivity index (χ0v) is 10.1. The molecule has 1 saturated carbocycles. The number of alkyl halides is 1. The SMILES string of the molecule is CC(Cl)Cc1ccc(NC(=O)C2CC2)cc1. The summed E-state index contributed by atoms with van der Waals surface area (Å²) in [6.07, 6.45) is 2.93. The number of hydrogen-bond donors (Lipinski definition) is 1. The van der Waals surface area contributed by atoms with Crippen molar-refractivity contribution in [1.29, 1.82) is 0 Å². The Morgan fingerprint density at radius 1 is 1.44 bits per heavy atom. The van der Waals surface area contributed by atoms with Crippen LogP contribution >= 0.6 is 11.6 Å². The Labute approximate surface area is 101 Å². The molecule has 16 heavy (non-hydrogen) atoms. The highest BCUT2D eigenvalue weighted by Gasteiger charge is 2.29. The molecule has 1 unspecified atom stereocenters. The van der Waals surface area contributed by atoms with E-state index in [9.17, 15) is 4.79 Å². The largest absolute Gasteiger partial charge is 0.326 e. The minimum atomic E-state index is 0.145. The van der Waals surface area contributed by atoms with Crippen LogP contribution in [0.25, 0.3) is 0 Å². The van der Waals surface area contributed by atoms with Crippen LogP contribution < -0.4 is 5.32 Å². The first-order chi connectivity index (χ1) is 7.65. The number of benzene rings is 1. The summed E-state index contributed by atoms with van der Waals surface area (Å²) < 4.78 is 0. The zero-order valence-electron chi connectivity index (χ0n) is 9.37. The topological polar surface area (TPSA) is 29.1 Å². The molecule has 1 amide bonds. The number of nitrogens with one attached hydrogen (secondary N) is 1. The van der Waals surface area contributed by atoms with Crippen LogP contribution in [0.15, 0.2) is 24.3 Å². The molecule has 1 fully saturated rings. The molecule has 1 aliphatic rings. The van der Waals surface area contributed by atoms with Crippen molar-refractivity contribution < 1.29 is 4.79 Å². The second kappa shape index (κ2) is 4.88. The van der Waals surface area contributed by atoms with Crippen molar-refractivity contribution in [3.63, 3.8) is 0 Å². The van der Waals surface area contributed by atoms with Gasteiger partial charge in [0.2, 0.25) is 5.91 Å². The van der Waals surface area contributed by atoms with Gasteiger partial charge >= 0.3 is 0 Å². The molecule has 1 N–H and O–H groups in total. The van der Waals surface area contributed by atoms with Crippen LogP contribution in [0.1, 0.15) is 25.3 Å². The molecule has 2 nitrogen and oxygen atoms in total. The Bertz CT molecular complexity index is 368. The Balaban J connectivity index is 1.93. The summed E-state index contributed by atoms with van der Waals surface area (Å²) in [6, 6.07) is 7.91. The molecule has 1 aliphatic carbocycles. The first kappa shape index (κ1) is 11.5. The molecular formula is C13H16ClNO. The van der Waals surface area contributed by atoms with Crippen LogP contribution in [-0.4, -0.2) is 11.3 Å². The number of hydrogen-bond acceptors (Lipinski definition) is 1. The average Bonchev–Trinajstić information content (AvgIpc) is 3.03. The van der Waals surface area contributed by atoms with Gasteiger partial charge in [-0.15, -0.1) is 11.6 Å². The second-order valence-corrected chi connectivity index (χ2v) is 5.19. The normalized spacial score (nSPS) is 16.9. The number of carbonyl (C=O) groups is 1. The van der Waals surface area contributed by atoms with Crippen molar-refractivity contribution in [3.8, 4) is 0 Å². The molecule has 2 rings (SSSR count). The lowest BCUT2D eigenvalue weighted by Gasteiger charge is -2.06. The highest BCUT2D eigenvalue weighted by molar-refractivity contribution is 6.20. The molecular weight excluding hydrogens is 222 g/mol. The van der Waals surface area contributed by atoms with Crippen LogP contribution in [0, 0.1) is 5.92 Å². The molecule has 0 radical (unpaired) electrons. The van der Waals surface area contributed by atoms with E-state index in [0.717, 1.165) is 24.9 Å². The lowest BCUT2D eigenvalue weighted by molar-refractivity contribution is -0.117. The van der Waals surface area contributed by atoms with E-state index in [1.165, 1.54) is 5.56 Å². The van der Waals surface area contributed by atoms with Crippen LogP contribution in [0.5, 0.6) is 0 Å². The van der Waals surface area contributed by atoms with E-state index in [1.54, 1.807) is 0 Å². The lowest BCUT2D eigenvalue weighted by Crippen LogP contribution is -2.13. The van der Waals surface area contributed by atoms with Crippen molar-refractivity contribution in [1.82, 2.24) is 0 Å². The summed E-state index contributed by atoms with van der Waals surface area (Å²) in [5.74, 6) is 0.404. The summed E-state index contributed by atoms with van der Waals surface area (Å²) in [7, 11) is 0. The smallest absolute Gasteiger partial charge is 0.227 e. The average molecular weight is 238 g/mol. The van der Waals surface area contributed by atoms with Crippen LogP contribution in [0.4, 0.5) is 5.69 Å². The van der Waals surface area contributed by atoms with Gasteiger partial charge in [0.15, 0.2) is 0 Å². The number of carbonyl (C=O) groups excluding carboxylic acids is 1. The quantitative estimate of drug-likeness (QED) is 0.801. The predicted octanol–water partition coefficient (Wildman–Crippen LogP) is 3.20. The Kier molecular flexibility index (Phi) is 3.49. The van der Waals surface area contributed by atoms with E-state index in [4.69, 9.17) is 11.6 Å². The van der Waals surface area contributed by atoms with Crippen molar-refractivity contribution in [3.05, 3.63) is 29.8 Å². The third-order valence-electron chi connectivity index (χ3n) is 2.69. The lowest BCUT2D eigenvalue weighted by atomic mass is 10.1. The molecule has 0 aliphatic heterocycles. The molecule has 3 heteroatoms. The van der Waals surface area contributed by atoms with E-state index in [-0.39, 0.29) is 17.2 Å². The van der Waals surface area contributed by atoms with Crippen LogP contribution in [0.3, 0.4) is 0 Å². The van der Waals surface area contributed by atoms with Gasteiger partial charge in [0.1, 0.15) is 0 Å². The van der Waals surface area contributed by atoms with Crippen LogP contribution in [-0.2, 0) is 11.2 Å². The number of amides is 1. The fourth-order valence-corrected chi connectivity index (χ4v) is 1.82. The summed E-state index contributed by atoms with van der Waals surface area (Å²) in [5.41, 5.74) is 2.08. The number of rotatable bonds is 4. The minimum Gasteiger partial charge on any atom is -0.326 e. The molecule has 1 aromatic rings. The molecule has 1 aromatic carbocycles. The maximum absolute atomic E-state index is 11.5. The monoisotopic (exact) mass is 237 g/mol. The third-order valence-corrected chi connectivity index (χ3v) is 2.84. The summed E-state index contributed by atoms with van der Waals surface area (Å²) >= 11 is 5.92. The molecule has 0 saturated heterocycles. The fraction of sp³-hybridized carbons (Fsp3) is 0.462. The van der Waals surface area contributed by atoms with E-state index in [2.05, 4.69) is 5.32 Å². The third kappa shape index (κ3) is 3.24. The van der Waals surface area contributed by atoms with Gasteiger partial charge in [-0.3, -0.25) is 4.79 Å². The van der Waals surface area contributed by atoms with Crippen molar-refractivity contribution >= 4 is 23.2 Å². The molecule has 0 spiro atoms. The molecule has 0 heterocycles. The molecule has 86 valence electrons. The Morgan fingerprint density at radius 2 is 2.06 bits per heavy atom. The highest BCUT2D eigenvalue weighted by atomic mass is 35.5. The summed E-state index contributed by atoms with van der Waals surface area (Å²) in [6.45, 7) is 1.98. The van der Waals surface area contributed by atoms with Crippen LogP contribution in [0.2, 0.25) is 0 Å². The maximum Gasteiger partial charge on any atom is 0.227 e. The van der Waals surface area contributed by atoms with Crippen molar-refractivity contribution in [2.45, 2.75) is 31.6 Å². The molecule has 0 bridgehead atoms. The maximum atomic E-state index is 11.5. The van der Waals surface area contributed by atoms with Gasteiger partial charge < -0.3 is 5.32 Å². The fourth-order valence-electron chi connectivity index (χ4n) is 1.64. The first-order valence-corrected chi connectivity index (χ1v) is 6.12.